The number of nitrogens with one attached hydrogen (secondary N) is 2. The van der Waals surface area contributed by atoms with E-state index in [1.165, 1.54) is 33.4 Å². The highest BCUT2D eigenvalue weighted by molar-refractivity contribution is 5.63. The predicted molar refractivity (Wildman–Crippen MR) is 245 cm³/mol. The lowest BCUT2D eigenvalue weighted by Crippen LogP contribution is -2.33. The summed E-state index contributed by atoms with van der Waals surface area (Å²) >= 11 is 0. The molecule has 5 aromatic carbocycles. The summed E-state index contributed by atoms with van der Waals surface area (Å²) in [5.41, 5.74) is 10.2. The van der Waals surface area contributed by atoms with Gasteiger partial charge in [0.2, 0.25) is 0 Å². The molecule has 1 aliphatic rings. The van der Waals surface area contributed by atoms with E-state index in [2.05, 4.69) is 135 Å². The number of benzene rings is 5. The van der Waals surface area contributed by atoms with E-state index in [9.17, 15) is 0 Å². The second kappa shape index (κ2) is 19.8. The first kappa shape index (κ1) is 43.6. The average molecular weight is 811 g/mol. The first-order valence-corrected chi connectivity index (χ1v) is 21.0. The summed E-state index contributed by atoms with van der Waals surface area (Å²) in [6.45, 7) is 8.94. The Morgan fingerprint density at radius 2 is 0.917 bits per heavy atom. The van der Waals surface area contributed by atoms with Crippen molar-refractivity contribution >= 4 is 11.4 Å². The van der Waals surface area contributed by atoms with Gasteiger partial charge < -0.3 is 39.1 Å². The molecule has 316 valence electrons. The zero-order valence-corrected chi connectivity index (χ0v) is 37.0. The minimum absolute atomic E-state index is 0.0947. The average Bonchev–Trinajstić information content (AvgIpc) is 3.28. The molecule has 5 aromatic rings. The summed E-state index contributed by atoms with van der Waals surface area (Å²) < 4.78 is 33.7. The maximum atomic E-state index is 5.76. The summed E-state index contributed by atoms with van der Waals surface area (Å²) in [6, 6.07) is 34.4. The van der Waals surface area contributed by atoms with Crippen molar-refractivity contribution in [1.82, 2.24) is 0 Å². The third-order valence-corrected chi connectivity index (χ3v) is 11.9. The minimum Gasteiger partial charge on any atom is -0.493 e. The largest absolute Gasteiger partial charge is 0.493 e. The molecule has 4 unspecified atom stereocenters. The van der Waals surface area contributed by atoms with Crippen LogP contribution >= 0.6 is 0 Å². The van der Waals surface area contributed by atoms with Crippen molar-refractivity contribution in [2.45, 2.75) is 76.7 Å². The van der Waals surface area contributed by atoms with E-state index in [1.54, 1.807) is 42.7 Å². The highest BCUT2D eigenvalue weighted by Crippen LogP contribution is 2.42. The molecule has 0 spiro atoms. The van der Waals surface area contributed by atoms with E-state index >= 15 is 0 Å². The summed E-state index contributed by atoms with van der Waals surface area (Å²) in [5.74, 6) is 4.88. The molecule has 0 aromatic heterocycles. The summed E-state index contributed by atoms with van der Waals surface area (Å²) in [7, 11) is 10.1. The molecule has 0 saturated heterocycles. The highest BCUT2D eigenvalue weighted by Gasteiger charge is 2.26. The molecule has 1 aliphatic carbocycles. The van der Waals surface area contributed by atoms with Gasteiger partial charge in [-0.05, 0) is 127 Å². The Kier molecular flexibility index (Phi) is 14.4. The van der Waals surface area contributed by atoms with E-state index in [0.29, 0.717) is 5.75 Å². The number of hydrogen-bond acceptors (Lipinski definition) is 8. The van der Waals surface area contributed by atoms with Gasteiger partial charge in [-0.25, -0.2) is 0 Å². The van der Waals surface area contributed by atoms with Gasteiger partial charge in [-0.3, -0.25) is 0 Å². The lowest BCUT2D eigenvalue weighted by molar-refractivity contribution is 0.354. The fraction of sp³-hybridized carbons (Fsp3) is 0.346. The quantitative estimate of drug-likeness (QED) is 0.0854. The first-order chi connectivity index (χ1) is 29.1. The molecule has 8 nitrogen and oxygen atoms in total. The molecule has 0 heterocycles. The van der Waals surface area contributed by atoms with Crippen LogP contribution in [0.5, 0.6) is 34.5 Å². The highest BCUT2D eigenvalue weighted by atomic mass is 16.5. The van der Waals surface area contributed by atoms with Crippen LogP contribution < -0.4 is 39.1 Å². The molecular weight excluding hydrogens is 749 g/mol. The molecule has 4 atom stereocenters. The zero-order valence-electron chi connectivity index (χ0n) is 37.0. The molecule has 0 bridgehead atoms. The summed E-state index contributed by atoms with van der Waals surface area (Å²) in [5, 5.41) is 7.64. The topological polar surface area (TPSA) is 79.4 Å². The molecular formula is C52H62N2O6. The van der Waals surface area contributed by atoms with Crippen LogP contribution in [0.1, 0.15) is 105 Å². The van der Waals surface area contributed by atoms with Crippen LogP contribution in [0.2, 0.25) is 0 Å². The Morgan fingerprint density at radius 3 is 1.35 bits per heavy atom. The zero-order chi connectivity index (χ0) is 42.8. The normalized spacial score (nSPS) is 16.2. The second-order valence-electron chi connectivity index (χ2n) is 15.6. The maximum absolute atomic E-state index is 5.76. The molecule has 0 radical (unpaired) electrons. The SMILES string of the molecule is CCC(c1ccc(NC2(C)C=CC(Nc3ccc(C(CC)c4ccc(OC)c(OC)c4)cc3C(CC)c3ccc(OC)c(OC)c3)=CC2)cc1)c1ccc(OC)c(OC)c1. The molecule has 2 N–H and O–H groups in total. The van der Waals surface area contributed by atoms with Gasteiger partial charge in [-0.2, -0.15) is 0 Å². The number of hydrogen-bond donors (Lipinski definition) is 2. The van der Waals surface area contributed by atoms with Crippen LogP contribution in [0.15, 0.2) is 121 Å². The summed E-state index contributed by atoms with van der Waals surface area (Å²) in [4.78, 5) is 0. The van der Waals surface area contributed by atoms with Crippen LogP contribution in [0.4, 0.5) is 11.4 Å². The van der Waals surface area contributed by atoms with Gasteiger partial charge in [0, 0.05) is 34.8 Å². The van der Waals surface area contributed by atoms with E-state index in [-0.39, 0.29) is 23.3 Å². The smallest absolute Gasteiger partial charge is 0.161 e. The third kappa shape index (κ3) is 9.54. The molecule has 0 amide bonds. The van der Waals surface area contributed by atoms with Crippen LogP contribution in [-0.4, -0.2) is 48.2 Å². The van der Waals surface area contributed by atoms with Gasteiger partial charge >= 0.3 is 0 Å². The fourth-order valence-corrected chi connectivity index (χ4v) is 8.57. The monoisotopic (exact) mass is 810 g/mol. The fourth-order valence-electron chi connectivity index (χ4n) is 8.57. The van der Waals surface area contributed by atoms with Gasteiger partial charge in [0.05, 0.1) is 48.2 Å². The Morgan fingerprint density at radius 1 is 0.500 bits per heavy atom. The van der Waals surface area contributed by atoms with Crippen LogP contribution in [0.3, 0.4) is 0 Å². The Labute approximate surface area is 357 Å². The molecule has 6 rings (SSSR count). The van der Waals surface area contributed by atoms with Crippen molar-refractivity contribution in [1.29, 1.82) is 0 Å². The van der Waals surface area contributed by atoms with E-state index < -0.39 is 0 Å². The van der Waals surface area contributed by atoms with Gasteiger partial charge in [0.25, 0.3) is 0 Å². The lowest BCUT2D eigenvalue weighted by atomic mass is 9.82. The number of rotatable bonds is 19. The van der Waals surface area contributed by atoms with Crippen molar-refractivity contribution in [2.24, 2.45) is 0 Å². The maximum Gasteiger partial charge on any atom is 0.161 e. The molecule has 0 saturated carbocycles. The van der Waals surface area contributed by atoms with Gasteiger partial charge in [0.1, 0.15) is 0 Å². The molecule has 8 heteroatoms. The van der Waals surface area contributed by atoms with E-state index in [1.807, 2.05) is 18.2 Å². The molecule has 60 heavy (non-hydrogen) atoms. The number of ether oxygens (including phenoxy) is 6. The third-order valence-electron chi connectivity index (χ3n) is 11.9. The molecule has 0 aliphatic heterocycles. The van der Waals surface area contributed by atoms with Crippen LogP contribution in [0.25, 0.3) is 0 Å². The van der Waals surface area contributed by atoms with Crippen LogP contribution in [0, 0.1) is 0 Å². The lowest BCUT2D eigenvalue weighted by Gasteiger charge is -2.31. The Hall–Kier alpha value is -6.02. The minimum atomic E-state index is -0.258. The summed E-state index contributed by atoms with van der Waals surface area (Å²) in [6.07, 6.45) is 10.4. The van der Waals surface area contributed by atoms with Crippen molar-refractivity contribution in [3.63, 3.8) is 0 Å². The van der Waals surface area contributed by atoms with E-state index in [4.69, 9.17) is 28.4 Å². The number of allylic oxidation sites excluding steroid dienone is 1. The van der Waals surface area contributed by atoms with Gasteiger partial charge in [0.15, 0.2) is 34.5 Å². The second-order valence-corrected chi connectivity index (χ2v) is 15.6. The Balaban J connectivity index is 1.25. The number of methoxy groups -OCH3 is 6. The predicted octanol–water partition coefficient (Wildman–Crippen LogP) is 12.5. The van der Waals surface area contributed by atoms with Crippen molar-refractivity contribution in [3.8, 4) is 34.5 Å². The first-order valence-electron chi connectivity index (χ1n) is 21.0. The standard InChI is InChI=1S/C52H62N2O6/c1-11-41(36-17-23-46(55-5)49(31-36)58-8)34-14-20-40(21-15-34)54-52(4)28-26-39(27-29-52)53-45-22-16-35(42(12-2)37-18-24-47(56-6)50(32-37)59-9)30-44(45)43(13-3)38-19-25-48(57-7)51(33-38)60-10/h14-28,30-33,41-43,53-54H,11-13,29H2,1-10H3. The number of anilines is 2. The van der Waals surface area contributed by atoms with Crippen molar-refractivity contribution in [2.75, 3.05) is 53.3 Å². The van der Waals surface area contributed by atoms with Gasteiger partial charge in [-0.15, -0.1) is 0 Å². The van der Waals surface area contributed by atoms with Crippen molar-refractivity contribution < 1.29 is 28.4 Å². The van der Waals surface area contributed by atoms with Crippen molar-refractivity contribution in [3.05, 3.63) is 154 Å². The van der Waals surface area contributed by atoms with Gasteiger partial charge in [-0.1, -0.05) is 75.4 Å². The van der Waals surface area contributed by atoms with Crippen LogP contribution in [-0.2, 0) is 0 Å². The molecule has 0 fully saturated rings. The Bertz CT molecular complexity index is 2280. The van der Waals surface area contributed by atoms with E-state index in [0.717, 1.165) is 71.5 Å².